The average Bonchev–Trinajstić information content (AvgIpc) is 2.54. The minimum Gasteiger partial charge on any atom is -0.325 e. The highest BCUT2D eigenvalue weighted by molar-refractivity contribution is 7.98. The van der Waals surface area contributed by atoms with E-state index < -0.39 is 10.0 Å². The molecule has 7 heteroatoms. The van der Waals surface area contributed by atoms with Crippen LogP contribution in [0.15, 0.2) is 28.0 Å². The highest BCUT2D eigenvalue weighted by atomic mass is 32.2. The number of hydrogen-bond acceptors (Lipinski definition) is 4. The smallest absolute Gasteiger partial charge is 0.243 e. The quantitative estimate of drug-likeness (QED) is 0.807. The van der Waals surface area contributed by atoms with E-state index in [9.17, 15) is 13.2 Å². The number of sulfonamides is 1. The van der Waals surface area contributed by atoms with E-state index in [1.807, 2.05) is 20.1 Å². The van der Waals surface area contributed by atoms with Gasteiger partial charge in [0.05, 0.1) is 10.6 Å². The van der Waals surface area contributed by atoms with E-state index in [4.69, 9.17) is 0 Å². The summed E-state index contributed by atoms with van der Waals surface area (Å²) in [5, 5.41) is 2.84. The van der Waals surface area contributed by atoms with Gasteiger partial charge in [-0.15, -0.1) is 11.8 Å². The van der Waals surface area contributed by atoms with Crippen molar-refractivity contribution in [3.8, 4) is 0 Å². The number of rotatable bonds is 5. The van der Waals surface area contributed by atoms with Crippen LogP contribution in [-0.4, -0.2) is 38.0 Å². The Bertz CT molecular complexity index is 702. The van der Waals surface area contributed by atoms with Gasteiger partial charge in [0.25, 0.3) is 0 Å². The lowest BCUT2D eigenvalue weighted by Gasteiger charge is -2.30. The van der Waals surface area contributed by atoms with Gasteiger partial charge in [-0.1, -0.05) is 20.8 Å². The Morgan fingerprint density at radius 2 is 2.08 bits per heavy atom. The van der Waals surface area contributed by atoms with E-state index in [1.54, 1.807) is 22.5 Å². The fourth-order valence-corrected chi connectivity index (χ4v) is 4.90. The molecule has 1 aliphatic rings. The molecule has 0 unspecified atom stereocenters. The van der Waals surface area contributed by atoms with Crippen molar-refractivity contribution < 1.29 is 13.2 Å². The van der Waals surface area contributed by atoms with Gasteiger partial charge in [-0.25, -0.2) is 8.42 Å². The van der Waals surface area contributed by atoms with E-state index in [0.717, 1.165) is 17.7 Å². The number of thioether (sulfide) groups is 1. The van der Waals surface area contributed by atoms with Crippen LogP contribution in [0.25, 0.3) is 0 Å². The minimum atomic E-state index is -3.53. The Morgan fingerprint density at radius 3 is 2.67 bits per heavy atom. The molecule has 0 radical (unpaired) electrons. The van der Waals surface area contributed by atoms with Crippen molar-refractivity contribution in [1.82, 2.24) is 4.31 Å². The molecule has 1 heterocycles. The molecule has 0 aromatic heterocycles. The fraction of sp³-hybridized carbons (Fsp3) is 0.588. The third kappa shape index (κ3) is 4.32. The lowest BCUT2D eigenvalue weighted by molar-refractivity contribution is -0.118. The summed E-state index contributed by atoms with van der Waals surface area (Å²) in [6.45, 7) is 6.81. The highest BCUT2D eigenvalue weighted by Gasteiger charge is 2.29. The van der Waals surface area contributed by atoms with Gasteiger partial charge in [-0.05, 0) is 43.2 Å². The maximum atomic E-state index is 12.9. The number of amides is 1. The Kier molecular flexibility index (Phi) is 6.33. The maximum absolute atomic E-state index is 12.9. The topological polar surface area (TPSA) is 66.5 Å². The number of hydrogen-bond donors (Lipinski definition) is 1. The van der Waals surface area contributed by atoms with Crippen molar-refractivity contribution in [1.29, 1.82) is 0 Å². The third-order valence-corrected chi connectivity index (χ3v) is 6.87. The molecule has 1 aromatic carbocycles. The van der Waals surface area contributed by atoms with Gasteiger partial charge in [0.2, 0.25) is 15.9 Å². The maximum Gasteiger partial charge on any atom is 0.243 e. The number of benzene rings is 1. The lowest BCUT2D eigenvalue weighted by atomic mass is 10.0. The Morgan fingerprint density at radius 1 is 1.38 bits per heavy atom. The van der Waals surface area contributed by atoms with E-state index in [-0.39, 0.29) is 16.7 Å². The molecule has 1 fully saturated rings. The van der Waals surface area contributed by atoms with E-state index in [0.29, 0.717) is 24.7 Å². The zero-order valence-electron chi connectivity index (χ0n) is 14.7. The van der Waals surface area contributed by atoms with Crippen LogP contribution >= 0.6 is 11.8 Å². The molecule has 1 N–H and O–H groups in total. The van der Waals surface area contributed by atoms with Gasteiger partial charge in [-0.3, -0.25) is 4.79 Å². The molecule has 1 aromatic rings. The van der Waals surface area contributed by atoms with Crippen molar-refractivity contribution in [2.75, 3.05) is 24.7 Å². The Hall–Kier alpha value is -1.05. The molecular weight excluding hydrogens is 344 g/mol. The second-order valence-electron chi connectivity index (χ2n) is 6.62. The summed E-state index contributed by atoms with van der Waals surface area (Å²) >= 11 is 1.48. The highest BCUT2D eigenvalue weighted by Crippen LogP contribution is 2.31. The van der Waals surface area contributed by atoms with Crippen LogP contribution in [0.2, 0.25) is 0 Å². The van der Waals surface area contributed by atoms with Gasteiger partial charge in [0.1, 0.15) is 0 Å². The van der Waals surface area contributed by atoms with Crippen LogP contribution in [0, 0.1) is 11.8 Å². The zero-order chi connectivity index (χ0) is 17.9. The first-order valence-corrected chi connectivity index (χ1v) is 10.9. The number of nitrogens with one attached hydrogen (secondary N) is 1. The largest absolute Gasteiger partial charge is 0.325 e. The second kappa shape index (κ2) is 7.89. The molecule has 24 heavy (non-hydrogen) atoms. The summed E-state index contributed by atoms with van der Waals surface area (Å²) in [5.41, 5.74) is 0.562. The molecule has 1 atom stereocenters. The second-order valence-corrected chi connectivity index (χ2v) is 9.40. The van der Waals surface area contributed by atoms with Gasteiger partial charge in [0.15, 0.2) is 0 Å². The van der Waals surface area contributed by atoms with Gasteiger partial charge >= 0.3 is 0 Å². The van der Waals surface area contributed by atoms with Gasteiger partial charge < -0.3 is 5.32 Å². The number of nitrogens with zero attached hydrogens (tertiary/aromatic N) is 1. The van der Waals surface area contributed by atoms with Gasteiger partial charge in [0, 0.05) is 23.9 Å². The summed E-state index contributed by atoms with van der Waals surface area (Å²) < 4.78 is 27.4. The summed E-state index contributed by atoms with van der Waals surface area (Å²) in [5.74, 6) is 0.0912. The SMILES string of the molecule is CSc1ccc(S(=O)(=O)N2CCC[C@@H](C)C2)cc1NC(=O)C(C)C. The number of piperidine rings is 1. The first-order valence-electron chi connectivity index (χ1n) is 8.24. The Labute approximate surface area is 149 Å². The monoisotopic (exact) mass is 370 g/mol. The molecule has 134 valence electrons. The normalized spacial score (nSPS) is 19.5. The van der Waals surface area contributed by atoms with E-state index >= 15 is 0 Å². The van der Waals surface area contributed by atoms with Crippen LogP contribution in [0.1, 0.15) is 33.6 Å². The number of anilines is 1. The molecule has 1 amide bonds. The summed E-state index contributed by atoms with van der Waals surface area (Å²) in [6.07, 6.45) is 3.86. The third-order valence-electron chi connectivity index (χ3n) is 4.21. The van der Waals surface area contributed by atoms with E-state index in [1.165, 1.54) is 11.8 Å². The van der Waals surface area contributed by atoms with Crippen molar-refractivity contribution >= 4 is 33.4 Å². The van der Waals surface area contributed by atoms with Crippen molar-refractivity contribution in [2.24, 2.45) is 11.8 Å². The standard InChI is InChI=1S/C17H26N2O3S2/c1-12(2)17(20)18-15-10-14(7-8-16(15)23-4)24(21,22)19-9-5-6-13(3)11-19/h7-8,10,12-13H,5-6,9,11H2,1-4H3,(H,18,20)/t13-/m1/s1. The summed E-state index contributed by atoms with van der Waals surface area (Å²) in [4.78, 5) is 13.1. The zero-order valence-corrected chi connectivity index (χ0v) is 16.3. The van der Waals surface area contributed by atoms with Crippen LogP contribution in [0.4, 0.5) is 5.69 Å². The van der Waals surface area contributed by atoms with Crippen molar-refractivity contribution in [3.63, 3.8) is 0 Å². The number of carbonyl (C=O) groups excluding carboxylic acids is 1. The molecule has 0 saturated carbocycles. The molecule has 0 aliphatic carbocycles. The van der Waals surface area contributed by atoms with Gasteiger partial charge in [-0.2, -0.15) is 4.31 Å². The molecule has 1 saturated heterocycles. The molecule has 0 bridgehead atoms. The predicted octanol–water partition coefficient (Wildman–Crippen LogP) is 3.42. The predicted molar refractivity (Wildman–Crippen MR) is 98.8 cm³/mol. The molecule has 5 nitrogen and oxygen atoms in total. The van der Waals surface area contributed by atoms with Crippen molar-refractivity contribution in [3.05, 3.63) is 18.2 Å². The lowest BCUT2D eigenvalue weighted by Crippen LogP contribution is -2.39. The van der Waals surface area contributed by atoms with Crippen LogP contribution in [0.3, 0.4) is 0 Å². The fourth-order valence-electron chi connectivity index (χ4n) is 2.74. The Balaban J connectivity index is 2.34. The number of carbonyl (C=O) groups is 1. The van der Waals surface area contributed by atoms with Crippen LogP contribution < -0.4 is 5.32 Å². The first kappa shape index (κ1) is 19.3. The van der Waals surface area contributed by atoms with Crippen LogP contribution in [-0.2, 0) is 14.8 Å². The molecular formula is C17H26N2O3S2. The van der Waals surface area contributed by atoms with Crippen molar-refractivity contribution in [2.45, 2.75) is 43.4 Å². The summed E-state index contributed by atoms with van der Waals surface area (Å²) in [6, 6.07) is 4.98. The first-order chi connectivity index (χ1) is 11.3. The van der Waals surface area contributed by atoms with E-state index in [2.05, 4.69) is 12.2 Å². The summed E-state index contributed by atoms with van der Waals surface area (Å²) in [7, 11) is -3.53. The minimum absolute atomic E-state index is 0.119. The molecule has 0 spiro atoms. The molecule has 2 rings (SSSR count). The average molecular weight is 371 g/mol. The van der Waals surface area contributed by atoms with Crippen LogP contribution in [0.5, 0.6) is 0 Å². The molecule has 1 aliphatic heterocycles.